The highest BCUT2D eigenvalue weighted by molar-refractivity contribution is 7.21. The summed E-state index contributed by atoms with van der Waals surface area (Å²) in [5.74, 6) is -0.632. The third-order valence-corrected chi connectivity index (χ3v) is 7.55. The summed E-state index contributed by atoms with van der Waals surface area (Å²) in [6.07, 6.45) is 6.84. The predicted molar refractivity (Wildman–Crippen MR) is 142 cm³/mol. The van der Waals surface area contributed by atoms with Crippen molar-refractivity contribution in [3.05, 3.63) is 42.1 Å². The van der Waals surface area contributed by atoms with E-state index in [4.69, 9.17) is 10.5 Å². The molecule has 37 heavy (non-hydrogen) atoms. The first kappa shape index (κ1) is 25.1. The van der Waals surface area contributed by atoms with Crippen LogP contribution < -0.4 is 11.1 Å². The third-order valence-electron chi connectivity index (χ3n) is 6.33. The zero-order valence-corrected chi connectivity index (χ0v) is 22.1. The summed E-state index contributed by atoms with van der Waals surface area (Å²) in [5, 5.41) is 11.9. The number of likely N-dealkylation sites (tertiary alicyclic amines) is 1. The monoisotopic (exact) mass is 522 g/mol. The fraction of sp³-hybridized carbons (Fsp3) is 0.400. The van der Waals surface area contributed by atoms with Crippen LogP contribution in [0.3, 0.4) is 0 Å². The highest BCUT2D eigenvalue weighted by atomic mass is 32.1. The summed E-state index contributed by atoms with van der Waals surface area (Å²) in [7, 11) is 1.65. The molecule has 1 aliphatic rings. The van der Waals surface area contributed by atoms with Crippen LogP contribution in [0.25, 0.3) is 26.5 Å². The smallest absolute Gasteiger partial charge is 0.253 e. The van der Waals surface area contributed by atoms with E-state index < -0.39 is 5.91 Å². The Hall–Kier alpha value is -3.61. The quantitative estimate of drug-likeness (QED) is 0.345. The summed E-state index contributed by atoms with van der Waals surface area (Å²) in [6.45, 7) is 9.55. The van der Waals surface area contributed by atoms with E-state index >= 15 is 0 Å². The van der Waals surface area contributed by atoms with Crippen LogP contribution in [0.2, 0.25) is 0 Å². The Bertz CT molecular complexity index is 1480. The Morgan fingerprint density at radius 3 is 2.70 bits per heavy atom. The standard InChI is InChI=1S/C25H30N8O3S/c1-15-18(7-17(9-27-15)30-20(34)12-31-13-25(2,3)14-31)21-22(16-8-28-32(11-16)5-6-36-4)37-24-19(23(26)35)10-29-33(21)24/h7-11H,5-6,12-14H2,1-4H3,(H2,26,35)(H,30,34). The molecule has 4 aromatic heterocycles. The van der Waals surface area contributed by atoms with Crippen LogP contribution in [0, 0.1) is 12.3 Å². The van der Waals surface area contributed by atoms with Crippen molar-refractivity contribution < 1.29 is 14.3 Å². The zero-order valence-electron chi connectivity index (χ0n) is 21.3. The van der Waals surface area contributed by atoms with Gasteiger partial charge in [0.1, 0.15) is 4.83 Å². The van der Waals surface area contributed by atoms with Gasteiger partial charge in [0, 0.05) is 43.2 Å². The molecule has 2 amide bonds. The molecule has 0 spiro atoms. The predicted octanol–water partition coefficient (Wildman–Crippen LogP) is 2.66. The summed E-state index contributed by atoms with van der Waals surface area (Å²) >= 11 is 1.41. The van der Waals surface area contributed by atoms with Gasteiger partial charge < -0.3 is 15.8 Å². The van der Waals surface area contributed by atoms with Gasteiger partial charge in [0.05, 0.1) is 60.1 Å². The van der Waals surface area contributed by atoms with E-state index in [9.17, 15) is 9.59 Å². The fourth-order valence-corrected chi connectivity index (χ4v) is 5.94. The molecule has 5 heterocycles. The fourth-order valence-electron chi connectivity index (χ4n) is 4.75. The molecule has 1 saturated heterocycles. The van der Waals surface area contributed by atoms with Crippen LogP contribution in [0.5, 0.6) is 0 Å². The molecule has 194 valence electrons. The first-order valence-electron chi connectivity index (χ1n) is 12.0. The number of hydrogen-bond donors (Lipinski definition) is 2. The summed E-state index contributed by atoms with van der Waals surface area (Å²) in [5.41, 5.74) is 9.97. The maximum Gasteiger partial charge on any atom is 0.253 e. The minimum atomic E-state index is -0.546. The maximum atomic E-state index is 12.7. The SMILES string of the molecule is COCCn1cc(-c2sc3c(C(N)=O)cnn3c2-c2cc(NC(=O)CN3CC(C)(C)C3)cnc2C)cn1. The van der Waals surface area contributed by atoms with Gasteiger partial charge in [-0.05, 0) is 18.4 Å². The van der Waals surface area contributed by atoms with Gasteiger partial charge >= 0.3 is 0 Å². The second-order valence-corrected chi connectivity index (χ2v) is 11.1. The Kier molecular flexibility index (Phi) is 6.56. The van der Waals surface area contributed by atoms with E-state index in [1.165, 1.54) is 17.5 Å². The zero-order chi connectivity index (χ0) is 26.3. The van der Waals surface area contributed by atoms with Crippen LogP contribution >= 0.6 is 11.3 Å². The van der Waals surface area contributed by atoms with Crippen LogP contribution in [0.1, 0.15) is 29.9 Å². The molecule has 4 aromatic rings. The van der Waals surface area contributed by atoms with E-state index in [1.807, 2.05) is 19.2 Å². The maximum absolute atomic E-state index is 12.7. The number of pyridine rings is 1. The average molecular weight is 523 g/mol. The molecule has 1 fully saturated rings. The van der Waals surface area contributed by atoms with Crippen molar-refractivity contribution in [3.63, 3.8) is 0 Å². The number of nitrogens with zero attached hydrogens (tertiary/aromatic N) is 6. The van der Waals surface area contributed by atoms with Gasteiger partial charge in [-0.25, -0.2) is 4.52 Å². The topological polar surface area (TPSA) is 133 Å². The molecule has 3 N–H and O–H groups in total. The summed E-state index contributed by atoms with van der Waals surface area (Å²) in [4.78, 5) is 33.0. The number of amides is 2. The number of aryl methyl sites for hydroxylation is 1. The Labute approximate surface area is 218 Å². The molecule has 0 saturated carbocycles. The largest absolute Gasteiger partial charge is 0.383 e. The Balaban J connectivity index is 1.52. The number of anilines is 1. The van der Waals surface area contributed by atoms with Crippen molar-refractivity contribution in [1.29, 1.82) is 0 Å². The number of thiazole rings is 1. The number of ether oxygens (including phenoxy) is 1. The molecule has 1 aliphatic heterocycles. The first-order chi connectivity index (χ1) is 17.6. The van der Waals surface area contributed by atoms with Gasteiger partial charge in [-0.1, -0.05) is 13.8 Å². The normalized spacial score (nSPS) is 15.1. The van der Waals surface area contributed by atoms with Crippen LogP contribution in [-0.4, -0.2) is 74.4 Å². The van der Waals surface area contributed by atoms with Crippen molar-refractivity contribution >= 4 is 33.7 Å². The number of rotatable bonds is 9. The minimum absolute atomic E-state index is 0.0858. The van der Waals surface area contributed by atoms with E-state index in [0.29, 0.717) is 35.8 Å². The number of nitrogens with two attached hydrogens (primary N) is 1. The third kappa shape index (κ3) is 4.99. The number of primary amides is 1. The Morgan fingerprint density at radius 1 is 1.22 bits per heavy atom. The Morgan fingerprint density at radius 2 is 2.00 bits per heavy atom. The number of aromatic nitrogens is 5. The molecule has 0 aliphatic carbocycles. The molecular weight excluding hydrogens is 492 g/mol. The molecule has 0 aromatic carbocycles. The number of carbonyl (C=O) groups is 2. The second-order valence-electron chi connectivity index (χ2n) is 10.1. The van der Waals surface area contributed by atoms with Crippen LogP contribution in [0.4, 0.5) is 5.69 Å². The van der Waals surface area contributed by atoms with E-state index in [0.717, 1.165) is 40.5 Å². The van der Waals surface area contributed by atoms with Crippen molar-refractivity contribution in [2.24, 2.45) is 11.1 Å². The van der Waals surface area contributed by atoms with E-state index in [2.05, 4.69) is 39.2 Å². The van der Waals surface area contributed by atoms with Gasteiger partial charge in [0.25, 0.3) is 5.91 Å². The number of carbonyl (C=O) groups excluding carboxylic acids is 2. The number of fused-ring (bicyclic) bond motifs is 1. The highest BCUT2D eigenvalue weighted by Crippen LogP contribution is 2.41. The number of nitrogens with one attached hydrogen (secondary N) is 1. The van der Waals surface area contributed by atoms with Gasteiger partial charge in [-0.3, -0.25) is 24.2 Å². The van der Waals surface area contributed by atoms with Gasteiger partial charge in [0.15, 0.2) is 0 Å². The molecule has 11 nitrogen and oxygen atoms in total. The first-order valence-corrected chi connectivity index (χ1v) is 12.8. The van der Waals surface area contributed by atoms with Gasteiger partial charge in [-0.15, -0.1) is 11.3 Å². The lowest BCUT2D eigenvalue weighted by molar-refractivity contribution is -0.120. The lowest BCUT2D eigenvalue weighted by Gasteiger charge is -2.45. The molecule has 0 bridgehead atoms. The molecule has 0 unspecified atom stereocenters. The molecular formula is C25H30N8O3S. The number of hydrogen-bond acceptors (Lipinski definition) is 8. The molecule has 0 radical (unpaired) electrons. The molecule has 0 atom stereocenters. The van der Waals surface area contributed by atoms with Crippen LogP contribution in [0.15, 0.2) is 30.9 Å². The minimum Gasteiger partial charge on any atom is -0.383 e. The van der Waals surface area contributed by atoms with Crippen molar-refractivity contribution in [1.82, 2.24) is 29.3 Å². The van der Waals surface area contributed by atoms with Gasteiger partial charge in [-0.2, -0.15) is 10.2 Å². The molecule has 5 rings (SSSR count). The summed E-state index contributed by atoms with van der Waals surface area (Å²) in [6, 6.07) is 1.90. The number of methoxy groups -OCH3 is 1. The van der Waals surface area contributed by atoms with Crippen LogP contribution in [-0.2, 0) is 16.1 Å². The lowest BCUT2D eigenvalue weighted by atomic mass is 9.84. The lowest BCUT2D eigenvalue weighted by Crippen LogP contribution is -2.54. The van der Waals surface area contributed by atoms with Crippen molar-refractivity contribution in [2.75, 3.05) is 38.7 Å². The molecule has 12 heteroatoms. The second kappa shape index (κ2) is 9.69. The van der Waals surface area contributed by atoms with E-state index in [-0.39, 0.29) is 11.3 Å². The van der Waals surface area contributed by atoms with E-state index in [1.54, 1.807) is 28.7 Å². The van der Waals surface area contributed by atoms with Gasteiger partial charge in [0.2, 0.25) is 5.91 Å². The highest BCUT2D eigenvalue weighted by Gasteiger charge is 2.34. The van der Waals surface area contributed by atoms with Crippen molar-refractivity contribution in [3.8, 4) is 21.7 Å². The summed E-state index contributed by atoms with van der Waals surface area (Å²) < 4.78 is 8.68. The van der Waals surface area contributed by atoms with Crippen molar-refractivity contribution in [2.45, 2.75) is 27.3 Å². The average Bonchev–Trinajstić information content (AvgIpc) is 3.52.